The van der Waals surface area contributed by atoms with Crippen LogP contribution in [0.25, 0.3) is 0 Å². The van der Waals surface area contributed by atoms with E-state index in [1.165, 1.54) is 5.56 Å². The van der Waals surface area contributed by atoms with Crippen LogP contribution in [0.15, 0.2) is 41.3 Å². The fraction of sp³-hybridized carbons (Fsp3) is 0.412. The van der Waals surface area contributed by atoms with Crippen molar-refractivity contribution in [1.29, 1.82) is 0 Å². The minimum Gasteiger partial charge on any atom is -0.459 e. The van der Waals surface area contributed by atoms with Gasteiger partial charge in [-0.3, -0.25) is 9.36 Å². The summed E-state index contributed by atoms with van der Waals surface area (Å²) in [5, 5.41) is 0. The van der Waals surface area contributed by atoms with E-state index in [-0.39, 0.29) is 17.7 Å². The first kappa shape index (κ1) is 13.5. The Kier molecular flexibility index (Phi) is 3.22. The lowest BCUT2D eigenvalue weighted by molar-refractivity contribution is -0.0213. The Hall–Kier alpha value is -2.14. The first-order valence-corrected chi connectivity index (χ1v) is 7.60. The van der Waals surface area contributed by atoms with Gasteiger partial charge in [0.05, 0.1) is 19.3 Å². The van der Waals surface area contributed by atoms with E-state index in [2.05, 4.69) is 17.1 Å². The van der Waals surface area contributed by atoms with Crippen LogP contribution in [-0.2, 0) is 11.3 Å². The third kappa shape index (κ3) is 2.22. The van der Waals surface area contributed by atoms with E-state index in [1.807, 2.05) is 29.0 Å². The summed E-state index contributed by atoms with van der Waals surface area (Å²) in [4.78, 5) is 15.6. The minimum absolute atomic E-state index is 0.138. The molecule has 1 fully saturated rings. The summed E-state index contributed by atoms with van der Waals surface area (Å²) in [5.41, 5.74) is 1.64. The van der Waals surface area contributed by atoms with E-state index in [9.17, 15) is 4.79 Å². The number of hydrogen-bond acceptors (Lipinski definition) is 4. The van der Waals surface area contributed by atoms with Gasteiger partial charge in [0.15, 0.2) is 0 Å². The normalized spacial score (nSPS) is 25.0. The van der Waals surface area contributed by atoms with Crippen molar-refractivity contribution in [3.8, 4) is 6.01 Å². The Morgan fingerprint density at radius 2 is 2.18 bits per heavy atom. The molecular weight excluding hydrogens is 280 g/mol. The van der Waals surface area contributed by atoms with Gasteiger partial charge in [0.25, 0.3) is 11.6 Å². The molecule has 0 saturated heterocycles. The summed E-state index contributed by atoms with van der Waals surface area (Å²) in [5.74, 6) is 0.415. The van der Waals surface area contributed by atoms with Gasteiger partial charge in [-0.2, -0.15) is 4.98 Å². The van der Waals surface area contributed by atoms with Gasteiger partial charge in [0, 0.05) is 17.7 Å². The van der Waals surface area contributed by atoms with Crippen molar-refractivity contribution in [3.05, 3.63) is 58.0 Å². The zero-order valence-electron chi connectivity index (χ0n) is 12.4. The van der Waals surface area contributed by atoms with Crippen LogP contribution in [0.1, 0.15) is 23.6 Å². The molecule has 1 aliphatic heterocycles. The number of hydrogen-bond donors (Lipinski definition) is 0. The molecule has 2 aromatic rings. The second-order valence-electron chi connectivity index (χ2n) is 6.06. The molecular formula is C17H18N2O3. The third-order valence-electron chi connectivity index (χ3n) is 4.51. The molecule has 4 rings (SSSR count). The highest BCUT2D eigenvalue weighted by Crippen LogP contribution is 2.47. The maximum absolute atomic E-state index is 11.6. The van der Waals surface area contributed by atoms with Crippen molar-refractivity contribution in [3.63, 3.8) is 0 Å². The topological polar surface area (TPSA) is 53.4 Å². The molecule has 0 amide bonds. The predicted octanol–water partition coefficient (Wildman–Crippen LogP) is 2.09. The van der Waals surface area contributed by atoms with E-state index in [4.69, 9.17) is 9.47 Å². The number of fused-ring (bicyclic) bond motifs is 3. The maximum atomic E-state index is 11.6. The molecule has 1 saturated carbocycles. The summed E-state index contributed by atoms with van der Waals surface area (Å²) in [6.45, 7) is 3.11. The molecule has 0 radical (unpaired) electrons. The number of ether oxygens (including phenoxy) is 2. The minimum atomic E-state index is -0.204. The van der Waals surface area contributed by atoms with E-state index in [0.717, 1.165) is 6.42 Å². The SMILES string of the molecule is Cc1cn2c(nc1=O)O[C@@H]1C[C@H](COCc3ccccc3)[C@@H]12. The van der Waals surface area contributed by atoms with E-state index in [0.29, 0.717) is 30.7 Å². The molecule has 0 bridgehead atoms. The molecule has 1 aromatic heterocycles. The van der Waals surface area contributed by atoms with Crippen LogP contribution in [-0.4, -0.2) is 22.3 Å². The number of benzene rings is 1. The molecule has 0 N–H and O–H groups in total. The van der Waals surface area contributed by atoms with Gasteiger partial charge < -0.3 is 9.47 Å². The Morgan fingerprint density at radius 1 is 1.36 bits per heavy atom. The van der Waals surface area contributed by atoms with Crippen LogP contribution in [0, 0.1) is 12.8 Å². The largest absolute Gasteiger partial charge is 0.459 e. The van der Waals surface area contributed by atoms with Crippen molar-refractivity contribution >= 4 is 0 Å². The lowest BCUT2D eigenvalue weighted by Gasteiger charge is -2.38. The summed E-state index contributed by atoms with van der Waals surface area (Å²) >= 11 is 0. The second kappa shape index (κ2) is 5.25. The average Bonchev–Trinajstić information content (AvgIpc) is 2.77. The molecule has 2 aliphatic rings. The third-order valence-corrected chi connectivity index (χ3v) is 4.51. The van der Waals surface area contributed by atoms with Gasteiger partial charge in [-0.1, -0.05) is 30.3 Å². The standard InChI is InChI=1S/C17H18N2O3/c1-11-8-19-15-13(7-14(15)22-17(19)18-16(11)20)10-21-9-12-5-3-2-4-6-12/h2-6,8,13-15H,7,9-10H2,1H3/t13-,14-,15+/m1/s1. The molecule has 5 nitrogen and oxygen atoms in total. The zero-order chi connectivity index (χ0) is 15.1. The van der Waals surface area contributed by atoms with Crippen molar-refractivity contribution < 1.29 is 9.47 Å². The monoisotopic (exact) mass is 298 g/mol. The summed E-state index contributed by atoms with van der Waals surface area (Å²) in [6, 6.07) is 10.9. The lowest BCUT2D eigenvalue weighted by atomic mass is 9.77. The number of aryl methyl sites for hydroxylation is 1. The Labute approximate surface area is 128 Å². The number of rotatable bonds is 4. The molecule has 3 atom stereocenters. The van der Waals surface area contributed by atoms with Crippen LogP contribution in [0.4, 0.5) is 0 Å². The van der Waals surface area contributed by atoms with Gasteiger partial charge in [0.1, 0.15) is 6.10 Å². The number of aromatic nitrogens is 2. The van der Waals surface area contributed by atoms with E-state index in [1.54, 1.807) is 6.92 Å². The Bertz CT molecular complexity index is 741. The average molecular weight is 298 g/mol. The predicted molar refractivity (Wildman–Crippen MR) is 80.9 cm³/mol. The summed E-state index contributed by atoms with van der Waals surface area (Å²) in [6.07, 6.45) is 2.95. The smallest absolute Gasteiger partial charge is 0.300 e. The van der Waals surface area contributed by atoms with Gasteiger partial charge >= 0.3 is 0 Å². The van der Waals surface area contributed by atoms with Crippen LogP contribution in [0.2, 0.25) is 0 Å². The van der Waals surface area contributed by atoms with Crippen molar-refractivity contribution in [1.82, 2.24) is 9.55 Å². The molecule has 114 valence electrons. The van der Waals surface area contributed by atoms with Gasteiger partial charge in [-0.25, -0.2) is 0 Å². The van der Waals surface area contributed by atoms with Crippen LogP contribution >= 0.6 is 0 Å². The highest BCUT2D eigenvalue weighted by Gasteiger charge is 2.49. The Morgan fingerprint density at radius 3 is 3.00 bits per heavy atom. The first-order chi connectivity index (χ1) is 10.7. The van der Waals surface area contributed by atoms with Gasteiger partial charge in [0.2, 0.25) is 0 Å². The highest BCUT2D eigenvalue weighted by atomic mass is 16.5. The van der Waals surface area contributed by atoms with Crippen molar-refractivity contribution in [2.24, 2.45) is 5.92 Å². The molecule has 0 spiro atoms. The van der Waals surface area contributed by atoms with E-state index >= 15 is 0 Å². The second-order valence-corrected chi connectivity index (χ2v) is 6.06. The van der Waals surface area contributed by atoms with Gasteiger partial charge in [-0.15, -0.1) is 0 Å². The summed E-state index contributed by atoms with van der Waals surface area (Å²) in [7, 11) is 0. The van der Waals surface area contributed by atoms with Crippen LogP contribution in [0.5, 0.6) is 6.01 Å². The van der Waals surface area contributed by atoms with E-state index < -0.39 is 0 Å². The quantitative estimate of drug-likeness (QED) is 0.867. The molecule has 1 aliphatic carbocycles. The zero-order valence-corrected chi connectivity index (χ0v) is 12.4. The Balaban J connectivity index is 1.41. The maximum Gasteiger partial charge on any atom is 0.300 e. The van der Waals surface area contributed by atoms with Crippen molar-refractivity contribution in [2.45, 2.75) is 32.1 Å². The first-order valence-electron chi connectivity index (χ1n) is 7.60. The molecule has 22 heavy (non-hydrogen) atoms. The molecule has 1 aromatic carbocycles. The molecule has 2 heterocycles. The number of nitrogens with zero attached hydrogens (tertiary/aromatic N) is 2. The molecule has 0 unspecified atom stereocenters. The van der Waals surface area contributed by atoms with Crippen LogP contribution in [0.3, 0.4) is 0 Å². The highest BCUT2D eigenvalue weighted by molar-refractivity contribution is 5.18. The lowest BCUT2D eigenvalue weighted by Crippen LogP contribution is -2.43. The summed E-state index contributed by atoms with van der Waals surface area (Å²) < 4.78 is 13.6. The van der Waals surface area contributed by atoms with Crippen LogP contribution < -0.4 is 10.3 Å². The fourth-order valence-electron chi connectivity index (χ4n) is 3.27. The van der Waals surface area contributed by atoms with Gasteiger partial charge in [-0.05, 0) is 18.9 Å². The fourth-order valence-corrected chi connectivity index (χ4v) is 3.27. The van der Waals surface area contributed by atoms with Crippen molar-refractivity contribution in [2.75, 3.05) is 6.61 Å². The molecule has 5 heteroatoms.